The molecule has 0 aromatic carbocycles. The lowest BCUT2D eigenvalue weighted by Gasteiger charge is -2.01. The number of ketones is 1. The normalized spacial score (nSPS) is 10.1. The predicted molar refractivity (Wildman–Crippen MR) is 63.8 cm³/mol. The molecule has 0 N–H and O–H groups in total. The van der Waals surface area contributed by atoms with Gasteiger partial charge in [0.15, 0.2) is 5.78 Å². The van der Waals surface area contributed by atoms with Gasteiger partial charge >= 0.3 is 5.97 Å². The average Bonchev–Trinajstić information content (AvgIpc) is 2.78. The summed E-state index contributed by atoms with van der Waals surface area (Å²) in [5.74, 6) is -0.0180. The summed E-state index contributed by atoms with van der Waals surface area (Å²) >= 11 is 1.52. The van der Waals surface area contributed by atoms with Crippen LogP contribution < -0.4 is 0 Å². The SMILES string of the molecule is CCOC(=O)CCCCC(=O)c1ccsc1. The van der Waals surface area contributed by atoms with Gasteiger partial charge < -0.3 is 4.74 Å². The van der Waals surface area contributed by atoms with Gasteiger partial charge in [-0.05, 0) is 31.2 Å². The second kappa shape index (κ2) is 7.17. The fraction of sp³-hybridized carbons (Fsp3) is 0.500. The maximum atomic E-state index is 11.6. The van der Waals surface area contributed by atoms with Gasteiger partial charge in [0.1, 0.15) is 0 Å². The molecule has 0 spiro atoms. The van der Waals surface area contributed by atoms with Crippen LogP contribution in [0.5, 0.6) is 0 Å². The van der Waals surface area contributed by atoms with Crippen molar-refractivity contribution in [2.45, 2.75) is 32.6 Å². The van der Waals surface area contributed by atoms with E-state index in [0.717, 1.165) is 12.0 Å². The van der Waals surface area contributed by atoms with Gasteiger partial charge in [0.05, 0.1) is 6.61 Å². The zero-order chi connectivity index (χ0) is 11.8. The molecule has 0 radical (unpaired) electrons. The third-order valence-electron chi connectivity index (χ3n) is 2.18. The fourth-order valence-electron chi connectivity index (χ4n) is 1.36. The van der Waals surface area contributed by atoms with Crippen molar-refractivity contribution in [3.05, 3.63) is 22.4 Å². The zero-order valence-corrected chi connectivity index (χ0v) is 10.2. The first-order chi connectivity index (χ1) is 7.74. The van der Waals surface area contributed by atoms with Gasteiger partial charge in [-0.25, -0.2) is 0 Å². The van der Waals surface area contributed by atoms with Crippen LogP contribution in [0.15, 0.2) is 16.8 Å². The summed E-state index contributed by atoms with van der Waals surface area (Å²) in [5, 5.41) is 3.75. The van der Waals surface area contributed by atoms with Crippen LogP contribution in [-0.2, 0) is 9.53 Å². The van der Waals surface area contributed by atoms with Crippen molar-refractivity contribution < 1.29 is 14.3 Å². The molecule has 88 valence electrons. The zero-order valence-electron chi connectivity index (χ0n) is 9.40. The first kappa shape index (κ1) is 12.9. The first-order valence-corrected chi connectivity index (χ1v) is 6.39. The van der Waals surface area contributed by atoms with E-state index in [0.29, 0.717) is 25.9 Å². The van der Waals surface area contributed by atoms with Crippen molar-refractivity contribution in [1.82, 2.24) is 0 Å². The molecule has 16 heavy (non-hydrogen) atoms. The van der Waals surface area contributed by atoms with Gasteiger partial charge in [0, 0.05) is 23.8 Å². The Balaban J connectivity index is 2.12. The molecular formula is C12H16O3S. The number of hydrogen-bond acceptors (Lipinski definition) is 4. The van der Waals surface area contributed by atoms with Gasteiger partial charge in [0.25, 0.3) is 0 Å². The lowest BCUT2D eigenvalue weighted by atomic mass is 10.1. The van der Waals surface area contributed by atoms with Crippen molar-refractivity contribution >= 4 is 23.1 Å². The van der Waals surface area contributed by atoms with E-state index in [4.69, 9.17) is 4.74 Å². The standard InChI is InChI=1S/C12H16O3S/c1-2-15-12(14)6-4-3-5-11(13)10-7-8-16-9-10/h7-9H,2-6H2,1H3. The monoisotopic (exact) mass is 240 g/mol. The van der Waals surface area contributed by atoms with Crippen LogP contribution in [0.3, 0.4) is 0 Å². The molecule has 0 fully saturated rings. The smallest absolute Gasteiger partial charge is 0.305 e. The second-order valence-electron chi connectivity index (χ2n) is 3.45. The highest BCUT2D eigenvalue weighted by molar-refractivity contribution is 7.08. The van der Waals surface area contributed by atoms with Crippen LogP contribution in [0.4, 0.5) is 0 Å². The Morgan fingerprint density at radius 3 is 2.69 bits per heavy atom. The van der Waals surface area contributed by atoms with E-state index in [2.05, 4.69) is 0 Å². The lowest BCUT2D eigenvalue weighted by Crippen LogP contribution is -2.04. The minimum absolute atomic E-state index is 0.158. The molecule has 4 heteroatoms. The number of carbonyl (C=O) groups excluding carboxylic acids is 2. The molecule has 0 aliphatic carbocycles. The second-order valence-corrected chi connectivity index (χ2v) is 4.23. The summed E-state index contributed by atoms with van der Waals surface area (Å²) < 4.78 is 4.80. The van der Waals surface area contributed by atoms with E-state index in [1.807, 2.05) is 16.8 Å². The molecule has 0 saturated heterocycles. The largest absolute Gasteiger partial charge is 0.466 e. The number of hydrogen-bond donors (Lipinski definition) is 0. The Morgan fingerprint density at radius 1 is 1.31 bits per heavy atom. The summed E-state index contributed by atoms with van der Waals surface area (Å²) in [6.07, 6.45) is 2.38. The fourth-order valence-corrected chi connectivity index (χ4v) is 2.02. The highest BCUT2D eigenvalue weighted by Gasteiger charge is 2.06. The predicted octanol–water partition coefficient (Wildman–Crippen LogP) is 3.05. The van der Waals surface area contributed by atoms with Crippen LogP contribution in [0.25, 0.3) is 0 Å². The Bertz CT molecular complexity index is 330. The van der Waals surface area contributed by atoms with Crippen LogP contribution in [0.2, 0.25) is 0 Å². The molecule has 3 nitrogen and oxygen atoms in total. The van der Waals surface area contributed by atoms with Crippen molar-refractivity contribution in [1.29, 1.82) is 0 Å². The van der Waals surface area contributed by atoms with Gasteiger partial charge in [0.2, 0.25) is 0 Å². The van der Waals surface area contributed by atoms with Gasteiger partial charge in [-0.1, -0.05) is 0 Å². The Hall–Kier alpha value is -1.16. The van der Waals surface area contributed by atoms with E-state index in [9.17, 15) is 9.59 Å². The summed E-state index contributed by atoms with van der Waals surface area (Å²) in [5.41, 5.74) is 0.779. The minimum Gasteiger partial charge on any atom is -0.466 e. The first-order valence-electron chi connectivity index (χ1n) is 5.45. The highest BCUT2D eigenvalue weighted by Crippen LogP contribution is 2.11. The maximum Gasteiger partial charge on any atom is 0.305 e. The number of carbonyl (C=O) groups is 2. The molecular weight excluding hydrogens is 224 g/mol. The van der Waals surface area contributed by atoms with E-state index in [1.54, 1.807) is 6.92 Å². The quantitative estimate of drug-likeness (QED) is 0.418. The van der Waals surface area contributed by atoms with Gasteiger partial charge in [-0.3, -0.25) is 9.59 Å². The van der Waals surface area contributed by atoms with Crippen molar-refractivity contribution in [3.63, 3.8) is 0 Å². The average molecular weight is 240 g/mol. The number of esters is 1. The molecule has 0 unspecified atom stereocenters. The molecule has 1 heterocycles. The third-order valence-corrected chi connectivity index (χ3v) is 2.87. The Morgan fingerprint density at radius 2 is 2.06 bits per heavy atom. The summed E-state index contributed by atoms with van der Waals surface area (Å²) in [7, 11) is 0. The van der Waals surface area contributed by atoms with Gasteiger partial charge in [-0.15, -0.1) is 0 Å². The molecule has 0 aliphatic rings. The molecule has 1 aromatic heterocycles. The van der Waals surface area contributed by atoms with Crippen molar-refractivity contribution in [2.24, 2.45) is 0 Å². The molecule has 1 rings (SSSR count). The van der Waals surface area contributed by atoms with E-state index < -0.39 is 0 Å². The van der Waals surface area contributed by atoms with Gasteiger partial charge in [-0.2, -0.15) is 11.3 Å². The van der Waals surface area contributed by atoms with Crippen molar-refractivity contribution in [3.8, 4) is 0 Å². The number of thiophene rings is 1. The van der Waals surface area contributed by atoms with Crippen molar-refractivity contribution in [2.75, 3.05) is 6.61 Å². The van der Waals surface area contributed by atoms with E-state index >= 15 is 0 Å². The molecule has 1 aromatic rings. The summed E-state index contributed by atoms with van der Waals surface area (Å²) in [6.45, 7) is 2.21. The Labute approximate surface area is 99.4 Å². The van der Waals surface area contributed by atoms with Crippen LogP contribution in [-0.4, -0.2) is 18.4 Å². The van der Waals surface area contributed by atoms with E-state index in [1.165, 1.54) is 11.3 Å². The number of unbranched alkanes of at least 4 members (excludes halogenated alkanes) is 1. The highest BCUT2D eigenvalue weighted by atomic mass is 32.1. The summed E-state index contributed by atoms with van der Waals surface area (Å²) in [6, 6.07) is 1.83. The number of Topliss-reactive ketones (excluding diaryl/α,β-unsaturated/α-hetero) is 1. The number of ether oxygens (including phenoxy) is 1. The third kappa shape index (κ3) is 4.57. The van der Waals surface area contributed by atoms with Crippen LogP contribution >= 0.6 is 11.3 Å². The molecule has 0 saturated carbocycles. The van der Waals surface area contributed by atoms with Crippen LogP contribution in [0, 0.1) is 0 Å². The minimum atomic E-state index is -0.175. The topological polar surface area (TPSA) is 43.4 Å². The summed E-state index contributed by atoms with van der Waals surface area (Å²) in [4.78, 5) is 22.6. The van der Waals surface area contributed by atoms with Crippen LogP contribution in [0.1, 0.15) is 43.0 Å². The lowest BCUT2D eigenvalue weighted by molar-refractivity contribution is -0.143. The molecule has 0 amide bonds. The van der Waals surface area contributed by atoms with E-state index in [-0.39, 0.29) is 11.8 Å². The molecule has 0 aliphatic heterocycles. The molecule has 0 bridgehead atoms. The number of rotatable bonds is 7. The molecule has 0 atom stereocenters. The maximum absolute atomic E-state index is 11.6. The Kier molecular flexibility index (Phi) is 5.78.